The molecule has 0 spiro atoms. The number of hydrogen-bond acceptors (Lipinski definition) is 3. The molecule has 1 rings (SSSR count). The lowest BCUT2D eigenvalue weighted by atomic mass is 10.0. The molecule has 122 valence electrons. The molecule has 1 fully saturated rings. The second-order valence-corrected chi connectivity index (χ2v) is 5.82. The van der Waals surface area contributed by atoms with Crippen LogP contribution < -0.4 is 5.32 Å². The van der Waals surface area contributed by atoms with Crippen LogP contribution in [0.1, 0.15) is 39.5 Å². The van der Waals surface area contributed by atoms with E-state index in [-0.39, 0.29) is 12.6 Å². The van der Waals surface area contributed by atoms with Gasteiger partial charge in [-0.3, -0.25) is 9.69 Å². The average Bonchev–Trinajstić information content (AvgIpc) is 2.89. The fourth-order valence-corrected chi connectivity index (χ4v) is 2.92. The quantitative estimate of drug-likeness (QED) is 0.714. The van der Waals surface area contributed by atoms with Crippen molar-refractivity contribution in [3.05, 3.63) is 0 Å². The van der Waals surface area contributed by atoms with E-state index in [1.165, 1.54) is 6.42 Å². The molecule has 0 aliphatic carbocycles. The number of likely N-dealkylation sites (N-methyl/N-ethyl adjacent to an activating group) is 2. The molecular weight excluding hydrogens is 270 g/mol. The molecular formula is C15H29N3O3. The third-order valence-corrected chi connectivity index (χ3v) is 4.22. The first-order chi connectivity index (χ1) is 9.99. The molecule has 0 aromatic rings. The van der Waals surface area contributed by atoms with Gasteiger partial charge in [-0.2, -0.15) is 0 Å². The monoisotopic (exact) mass is 299 g/mol. The molecule has 2 amide bonds. The second kappa shape index (κ2) is 8.87. The maximum atomic E-state index is 12.1. The Morgan fingerprint density at radius 1 is 1.43 bits per heavy atom. The van der Waals surface area contributed by atoms with Gasteiger partial charge in [-0.05, 0) is 32.4 Å². The van der Waals surface area contributed by atoms with Crippen molar-refractivity contribution in [3.63, 3.8) is 0 Å². The predicted octanol–water partition coefficient (Wildman–Crippen LogP) is 1.61. The number of carbonyl (C=O) groups excluding carboxylic acids is 1. The summed E-state index contributed by atoms with van der Waals surface area (Å²) >= 11 is 0. The Hall–Kier alpha value is -1.30. The first-order valence-corrected chi connectivity index (χ1v) is 7.95. The van der Waals surface area contributed by atoms with Crippen molar-refractivity contribution in [1.29, 1.82) is 0 Å². The van der Waals surface area contributed by atoms with Crippen molar-refractivity contribution >= 4 is 12.0 Å². The molecule has 0 bridgehead atoms. The third kappa shape index (κ3) is 5.53. The zero-order valence-corrected chi connectivity index (χ0v) is 13.5. The van der Waals surface area contributed by atoms with Crippen LogP contribution in [0.3, 0.4) is 0 Å². The van der Waals surface area contributed by atoms with Crippen LogP contribution in [0, 0.1) is 5.92 Å². The molecule has 2 unspecified atom stereocenters. The molecule has 0 aromatic heterocycles. The molecule has 1 heterocycles. The highest BCUT2D eigenvalue weighted by molar-refractivity contribution is 5.75. The second-order valence-electron chi connectivity index (χ2n) is 5.82. The smallest absolute Gasteiger partial charge is 0.317 e. The van der Waals surface area contributed by atoms with Crippen LogP contribution in [0.15, 0.2) is 0 Å². The van der Waals surface area contributed by atoms with Crippen LogP contribution in [-0.2, 0) is 4.79 Å². The van der Waals surface area contributed by atoms with Gasteiger partial charge in [0.2, 0.25) is 0 Å². The van der Waals surface area contributed by atoms with Gasteiger partial charge >= 0.3 is 12.0 Å². The van der Waals surface area contributed by atoms with Gasteiger partial charge in [0.25, 0.3) is 0 Å². The number of rotatable bonds is 8. The Balaban J connectivity index is 2.38. The van der Waals surface area contributed by atoms with Crippen molar-refractivity contribution in [1.82, 2.24) is 15.1 Å². The largest absolute Gasteiger partial charge is 0.481 e. The Labute approximate surface area is 127 Å². The highest BCUT2D eigenvalue weighted by Gasteiger charge is 2.26. The molecule has 1 aliphatic heterocycles. The Bertz CT molecular complexity index is 349. The van der Waals surface area contributed by atoms with E-state index >= 15 is 0 Å². The molecule has 2 N–H and O–H groups in total. The fraction of sp³-hybridized carbons (Fsp3) is 0.867. The SMILES string of the molecule is CCCC(CNC(=O)N(C)CC1CCCN1CC)C(=O)O. The van der Waals surface area contributed by atoms with E-state index in [1.54, 1.807) is 11.9 Å². The van der Waals surface area contributed by atoms with Crippen LogP contribution in [0.4, 0.5) is 4.79 Å². The van der Waals surface area contributed by atoms with Gasteiger partial charge in [-0.1, -0.05) is 20.3 Å². The summed E-state index contributed by atoms with van der Waals surface area (Å²) < 4.78 is 0. The molecule has 2 atom stereocenters. The van der Waals surface area contributed by atoms with E-state index in [0.717, 1.165) is 25.9 Å². The number of nitrogens with zero attached hydrogens (tertiary/aromatic N) is 2. The summed E-state index contributed by atoms with van der Waals surface area (Å²) in [5.74, 6) is -1.33. The number of carbonyl (C=O) groups is 2. The van der Waals surface area contributed by atoms with Gasteiger partial charge in [0.05, 0.1) is 5.92 Å². The van der Waals surface area contributed by atoms with Crippen LogP contribution in [0.5, 0.6) is 0 Å². The van der Waals surface area contributed by atoms with Crippen molar-refractivity contribution < 1.29 is 14.7 Å². The highest BCUT2D eigenvalue weighted by Crippen LogP contribution is 2.17. The molecule has 1 aliphatic rings. The lowest BCUT2D eigenvalue weighted by Crippen LogP contribution is -2.46. The van der Waals surface area contributed by atoms with Crippen molar-refractivity contribution in [2.24, 2.45) is 5.92 Å². The minimum Gasteiger partial charge on any atom is -0.481 e. The van der Waals surface area contributed by atoms with E-state index in [0.29, 0.717) is 19.0 Å². The number of carboxylic acid groups (broad SMARTS) is 1. The van der Waals surface area contributed by atoms with Crippen LogP contribution in [0.2, 0.25) is 0 Å². The lowest BCUT2D eigenvalue weighted by Gasteiger charge is -2.28. The Morgan fingerprint density at radius 2 is 2.14 bits per heavy atom. The highest BCUT2D eigenvalue weighted by atomic mass is 16.4. The molecule has 1 saturated heterocycles. The summed E-state index contributed by atoms with van der Waals surface area (Å²) in [5.41, 5.74) is 0. The van der Waals surface area contributed by atoms with E-state index in [4.69, 9.17) is 5.11 Å². The van der Waals surface area contributed by atoms with Crippen molar-refractivity contribution in [2.75, 3.05) is 33.2 Å². The lowest BCUT2D eigenvalue weighted by molar-refractivity contribution is -0.141. The topological polar surface area (TPSA) is 72.9 Å². The van der Waals surface area contributed by atoms with E-state index in [1.807, 2.05) is 6.92 Å². The number of aliphatic carboxylic acids is 1. The first kappa shape index (κ1) is 17.8. The molecule has 6 heteroatoms. The van der Waals surface area contributed by atoms with E-state index < -0.39 is 11.9 Å². The average molecular weight is 299 g/mol. The van der Waals surface area contributed by atoms with Crippen LogP contribution in [0.25, 0.3) is 0 Å². The Morgan fingerprint density at radius 3 is 2.71 bits per heavy atom. The van der Waals surface area contributed by atoms with Gasteiger partial charge < -0.3 is 15.3 Å². The zero-order valence-electron chi connectivity index (χ0n) is 13.5. The van der Waals surface area contributed by atoms with Gasteiger partial charge in [-0.15, -0.1) is 0 Å². The fourth-order valence-electron chi connectivity index (χ4n) is 2.92. The third-order valence-electron chi connectivity index (χ3n) is 4.22. The summed E-state index contributed by atoms with van der Waals surface area (Å²) in [6.07, 6.45) is 3.70. The van der Waals surface area contributed by atoms with Gasteiger partial charge in [0.15, 0.2) is 0 Å². The first-order valence-electron chi connectivity index (χ1n) is 7.95. The summed E-state index contributed by atoms with van der Waals surface area (Å²) in [4.78, 5) is 27.2. The van der Waals surface area contributed by atoms with Gasteiger partial charge in [-0.25, -0.2) is 4.79 Å². The number of urea groups is 1. The van der Waals surface area contributed by atoms with Crippen LogP contribution in [-0.4, -0.2) is 66.2 Å². The van der Waals surface area contributed by atoms with Crippen molar-refractivity contribution in [2.45, 2.75) is 45.6 Å². The summed E-state index contributed by atoms with van der Waals surface area (Å²) in [7, 11) is 1.77. The van der Waals surface area contributed by atoms with Gasteiger partial charge in [0, 0.05) is 26.2 Å². The van der Waals surface area contributed by atoms with Crippen molar-refractivity contribution in [3.8, 4) is 0 Å². The minimum absolute atomic E-state index is 0.180. The zero-order chi connectivity index (χ0) is 15.8. The number of carboxylic acids is 1. The maximum Gasteiger partial charge on any atom is 0.317 e. The maximum absolute atomic E-state index is 12.1. The summed E-state index contributed by atoms with van der Waals surface area (Å²) in [6, 6.07) is 0.247. The number of hydrogen-bond donors (Lipinski definition) is 2. The predicted molar refractivity (Wildman–Crippen MR) is 82.3 cm³/mol. The molecule has 0 radical (unpaired) electrons. The molecule has 0 saturated carbocycles. The standard InChI is InChI=1S/C15H29N3O3/c1-4-7-12(14(19)20)10-16-15(21)17(3)11-13-8-6-9-18(13)5-2/h12-13H,4-11H2,1-3H3,(H,16,21)(H,19,20). The summed E-state index contributed by atoms with van der Waals surface area (Å²) in [6.45, 7) is 7.11. The molecule has 21 heavy (non-hydrogen) atoms. The summed E-state index contributed by atoms with van der Waals surface area (Å²) in [5, 5.41) is 11.8. The molecule has 6 nitrogen and oxygen atoms in total. The van der Waals surface area contributed by atoms with E-state index in [9.17, 15) is 9.59 Å². The minimum atomic E-state index is -0.840. The van der Waals surface area contributed by atoms with E-state index in [2.05, 4.69) is 17.1 Å². The Kier molecular flexibility index (Phi) is 7.50. The molecule has 0 aromatic carbocycles. The normalized spacial score (nSPS) is 20.2. The number of likely N-dealkylation sites (tertiary alicyclic amines) is 1. The number of amides is 2. The van der Waals surface area contributed by atoms with Gasteiger partial charge in [0.1, 0.15) is 0 Å². The number of nitrogens with one attached hydrogen (secondary N) is 1. The van der Waals surface area contributed by atoms with Crippen LogP contribution >= 0.6 is 0 Å².